The third kappa shape index (κ3) is 4.11. The number of nitrogens with one attached hydrogen (secondary N) is 1. The van der Waals surface area contributed by atoms with Gasteiger partial charge in [-0.25, -0.2) is 0 Å². The number of anilines is 1. The monoisotopic (exact) mass is 326 g/mol. The smallest absolute Gasteiger partial charge is 0.250 e. The van der Waals surface area contributed by atoms with E-state index in [9.17, 15) is 4.79 Å². The van der Waals surface area contributed by atoms with Gasteiger partial charge in [-0.3, -0.25) is 4.79 Å². The zero-order valence-electron chi connectivity index (χ0n) is 13.3. The third-order valence-electron chi connectivity index (χ3n) is 3.45. The molecule has 0 bridgehead atoms. The molecule has 0 saturated heterocycles. The molecule has 0 radical (unpaired) electrons. The first-order valence-electron chi connectivity index (χ1n) is 7.70. The number of furan rings is 1. The van der Waals surface area contributed by atoms with Crippen LogP contribution in [0.3, 0.4) is 0 Å². The second-order valence-corrected chi connectivity index (χ2v) is 5.25. The van der Waals surface area contributed by atoms with Gasteiger partial charge in [-0.05, 0) is 36.2 Å². The van der Waals surface area contributed by atoms with Gasteiger partial charge in [0.2, 0.25) is 11.7 Å². The lowest BCUT2D eigenvalue weighted by molar-refractivity contribution is -0.121. The Labute approximate surface area is 139 Å². The standard InChI is InChI=1S/C18H18N2O4/c1-2-13-5-7-14(8-6-13)19-18(21)12-22-11-15-10-17(24-20-15)16-4-3-9-23-16/h3-10H,2,11-12H2,1H3,(H,19,21). The number of hydrogen-bond acceptors (Lipinski definition) is 5. The van der Waals surface area contributed by atoms with E-state index in [4.69, 9.17) is 13.7 Å². The zero-order chi connectivity index (χ0) is 16.8. The number of benzene rings is 1. The molecule has 1 amide bonds. The molecule has 1 aromatic carbocycles. The summed E-state index contributed by atoms with van der Waals surface area (Å²) in [5.74, 6) is 0.912. The molecular weight excluding hydrogens is 308 g/mol. The lowest BCUT2D eigenvalue weighted by atomic mass is 10.1. The third-order valence-corrected chi connectivity index (χ3v) is 3.45. The van der Waals surface area contributed by atoms with Gasteiger partial charge in [0.15, 0.2) is 5.76 Å². The summed E-state index contributed by atoms with van der Waals surface area (Å²) < 4.78 is 15.7. The van der Waals surface area contributed by atoms with Gasteiger partial charge in [0.1, 0.15) is 12.3 Å². The van der Waals surface area contributed by atoms with Crippen LogP contribution in [0, 0.1) is 0 Å². The van der Waals surface area contributed by atoms with Crippen LogP contribution >= 0.6 is 0 Å². The van der Waals surface area contributed by atoms with Crippen LogP contribution < -0.4 is 5.32 Å². The van der Waals surface area contributed by atoms with E-state index in [0.717, 1.165) is 12.1 Å². The Morgan fingerprint density at radius 3 is 2.75 bits per heavy atom. The van der Waals surface area contributed by atoms with Crippen LogP contribution in [0.5, 0.6) is 0 Å². The van der Waals surface area contributed by atoms with E-state index in [0.29, 0.717) is 17.2 Å². The molecule has 0 fully saturated rings. The number of rotatable bonds is 7. The minimum atomic E-state index is -0.214. The summed E-state index contributed by atoms with van der Waals surface area (Å²) in [6.07, 6.45) is 2.53. The minimum Gasteiger partial charge on any atom is -0.461 e. The molecule has 3 rings (SSSR count). The summed E-state index contributed by atoms with van der Waals surface area (Å²) in [5.41, 5.74) is 2.58. The maximum atomic E-state index is 11.9. The number of nitrogens with zero attached hydrogens (tertiary/aromatic N) is 1. The maximum Gasteiger partial charge on any atom is 0.250 e. The molecule has 0 atom stereocenters. The van der Waals surface area contributed by atoms with E-state index < -0.39 is 0 Å². The summed E-state index contributed by atoms with van der Waals surface area (Å²) in [7, 11) is 0. The topological polar surface area (TPSA) is 77.5 Å². The molecular formula is C18H18N2O4. The van der Waals surface area contributed by atoms with Gasteiger partial charge in [-0.15, -0.1) is 0 Å². The molecule has 0 saturated carbocycles. The Morgan fingerprint density at radius 1 is 1.21 bits per heavy atom. The highest BCUT2D eigenvalue weighted by atomic mass is 16.5. The molecule has 1 N–H and O–H groups in total. The minimum absolute atomic E-state index is 0.0571. The lowest BCUT2D eigenvalue weighted by Crippen LogP contribution is -2.18. The fraction of sp³-hybridized carbons (Fsp3) is 0.222. The van der Waals surface area contributed by atoms with Gasteiger partial charge in [0, 0.05) is 11.8 Å². The van der Waals surface area contributed by atoms with E-state index in [2.05, 4.69) is 17.4 Å². The number of aryl methyl sites for hydroxylation is 1. The number of aromatic nitrogens is 1. The van der Waals surface area contributed by atoms with Crippen LogP contribution in [0.1, 0.15) is 18.2 Å². The zero-order valence-corrected chi connectivity index (χ0v) is 13.3. The second kappa shape index (κ2) is 7.61. The molecule has 124 valence electrons. The molecule has 6 nitrogen and oxygen atoms in total. The van der Waals surface area contributed by atoms with E-state index in [1.807, 2.05) is 24.3 Å². The van der Waals surface area contributed by atoms with Crippen molar-refractivity contribution >= 4 is 11.6 Å². The molecule has 6 heteroatoms. The Balaban J connectivity index is 1.45. The highest BCUT2D eigenvalue weighted by Gasteiger charge is 2.10. The van der Waals surface area contributed by atoms with Crippen molar-refractivity contribution in [1.82, 2.24) is 5.16 Å². The van der Waals surface area contributed by atoms with Gasteiger partial charge in [-0.1, -0.05) is 24.2 Å². The van der Waals surface area contributed by atoms with Crippen LogP contribution in [0.4, 0.5) is 5.69 Å². The predicted octanol–water partition coefficient (Wildman–Crippen LogP) is 3.65. The van der Waals surface area contributed by atoms with Crippen molar-refractivity contribution in [2.24, 2.45) is 0 Å². The summed E-state index contributed by atoms with van der Waals surface area (Å²) in [6.45, 7) is 2.22. The number of ether oxygens (including phenoxy) is 1. The molecule has 0 aliphatic carbocycles. The molecule has 3 aromatic rings. The van der Waals surface area contributed by atoms with Gasteiger partial charge < -0.3 is 19.0 Å². The number of carbonyl (C=O) groups excluding carboxylic acids is 1. The Kier molecular flexibility index (Phi) is 5.08. The molecule has 0 unspecified atom stereocenters. The van der Waals surface area contributed by atoms with Crippen molar-refractivity contribution in [2.75, 3.05) is 11.9 Å². The first-order chi connectivity index (χ1) is 11.7. The highest BCUT2D eigenvalue weighted by molar-refractivity contribution is 5.91. The molecule has 24 heavy (non-hydrogen) atoms. The van der Waals surface area contributed by atoms with Crippen molar-refractivity contribution < 1.29 is 18.5 Å². The Bertz CT molecular complexity index is 776. The highest BCUT2D eigenvalue weighted by Crippen LogP contribution is 2.20. The largest absolute Gasteiger partial charge is 0.461 e. The van der Waals surface area contributed by atoms with E-state index in [1.165, 1.54) is 5.56 Å². The van der Waals surface area contributed by atoms with E-state index in [-0.39, 0.29) is 19.1 Å². The van der Waals surface area contributed by atoms with E-state index >= 15 is 0 Å². The number of hydrogen-bond donors (Lipinski definition) is 1. The van der Waals surface area contributed by atoms with Gasteiger partial charge in [-0.2, -0.15) is 0 Å². The lowest BCUT2D eigenvalue weighted by Gasteiger charge is -2.06. The normalized spacial score (nSPS) is 10.7. The van der Waals surface area contributed by atoms with Gasteiger partial charge in [0.05, 0.1) is 12.9 Å². The SMILES string of the molecule is CCc1ccc(NC(=O)COCc2cc(-c3ccco3)on2)cc1. The molecule has 0 aliphatic rings. The predicted molar refractivity (Wildman–Crippen MR) is 88.3 cm³/mol. The summed E-state index contributed by atoms with van der Waals surface area (Å²) in [5, 5.41) is 6.66. The second-order valence-electron chi connectivity index (χ2n) is 5.25. The number of amides is 1. The van der Waals surface area contributed by atoms with Crippen LogP contribution in [-0.4, -0.2) is 17.7 Å². The molecule has 0 aliphatic heterocycles. The fourth-order valence-electron chi connectivity index (χ4n) is 2.18. The maximum absolute atomic E-state index is 11.9. The first-order valence-corrected chi connectivity index (χ1v) is 7.70. The van der Waals surface area contributed by atoms with Crippen LogP contribution in [0.15, 0.2) is 57.7 Å². The van der Waals surface area contributed by atoms with Gasteiger partial charge in [0.25, 0.3) is 0 Å². The summed E-state index contributed by atoms with van der Waals surface area (Å²) >= 11 is 0. The Morgan fingerprint density at radius 2 is 2.04 bits per heavy atom. The van der Waals surface area contributed by atoms with Crippen LogP contribution in [0.25, 0.3) is 11.5 Å². The molecule has 2 aromatic heterocycles. The molecule has 0 spiro atoms. The average Bonchev–Trinajstić information content (AvgIpc) is 3.27. The van der Waals surface area contributed by atoms with Crippen molar-refractivity contribution in [3.05, 3.63) is 60.0 Å². The van der Waals surface area contributed by atoms with Gasteiger partial charge >= 0.3 is 0 Å². The number of carbonyl (C=O) groups is 1. The first kappa shape index (κ1) is 16.0. The van der Waals surface area contributed by atoms with Crippen molar-refractivity contribution in [3.8, 4) is 11.5 Å². The Hall–Kier alpha value is -2.86. The fourth-order valence-corrected chi connectivity index (χ4v) is 2.18. The average molecular weight is 326 g/mol. The van der Waals surface area contributed by atoms with Crippen LogP contribution in [0.2, 0.25) is 0 Å². The van der Waals surface area contributed by atoms with E-state index in [1.54, 1.807) is 24.5 Å². The molecule has 2 heterocycles. The van der Waals surface area contributed by atoms with Crippen LogP contribution in [-0.2, 0) is 22.6 Å². The summed E-state index contributed by atoms with van der Waals surface area (Å²) in [6, 6.07) is 13.0. The van der Waals surface area contributed by atoms with Crippen molar-refractivity contribution in [3.63, 3.8) is 0 Å². The summed E-state index contributed by atoms with van der Waals surface area (Å²) in [4.78, 5) is 11.9. The van der Waals surface area contributed by atoms with Crippen molar-refractivity contribution in [1.29, 1.82) is 0 Å². The van der Waals surface area contributed by atoms with Crippen molar-refractivity contribution in [2.45, 2.75) is 20.0 Å². The quantitative estimate of drug-likeness (QED) is 0.717.